The van der Waals surface area contributed by atoms with E-state index in [1.54, 1.807) is 18.2 Å². The highest BCUT2D eigenvalue weighted by Gasteiger charge is 2.46. The summed E-state index contributed by atoms with van der Waals surface area (Å²) in [5.74, 6) is -0.720. The van der Waals surface area contributed by atoms with Crippen LogP contribution in [0.3, 0.4) is 0 Å². The minimum Gasteiger partial charge on any atom is -0.289 e. The van der Waals surface area contributed by atoms with Crippen LogP contribution in [0.1, 0.15) is 15.9 Å². The summed E-state index contributed by atoms with van der Waals surface area (Å²) in [5, 5.41) is 8.58. The van der Waals surface area contributed by atoms with Gasteiger partial charge in [0.15, 0.2) is 0 Å². The Morgan fingerprint density at radius 1 is 1.57 bits per heavy atom. The van der Waals surface area contributed by atoms with E-state index in [1.165, 1.54) is 6.07 Å². The highest BCUT2D eigenvalue weighted by atomic mass is 79.9. The van der Waals surface area contributed by atoms with Gasteiger partial charge in [0.2, 0.25) is 5.78 Å². The first kappa shape index (κ1) is 9.35. The van der Waals surface area contributed by atoms with Gasteiger partial charge in [-0.25, -0.2) is 4.39 Å². The standard InChI is InChI=1S/C10H5BrFNO/c11-7-1-2-8-6(3-7)4-10(12,5-13)9(8)14/h1-3H,4H2. The van der Waals surface area contributed by atoms with Gasteiger partial charge >= 0.3 is 0 Å². The van der Waals surface area contributed by atoms with Crippen LogP contribution in [0, 0.1) is 11.3 Å². The second kappa shape index (κ2) is 2.89. The molecule has 0 saturated heterocycles. The van der Waals surface area contributed by atoms with E-state index >= 15 is 0 Å². The molecule has 1 atom stereocenters. The van der Waals surface area contributed by atoms with Gasteiger partial charge in [-0.1, -0.05) is 15.9 Å². The second-order valence-corrected chi connectivity index (χ2v) is 4.14. The average Bonchev–Trinajstić information content (AvgIpc) is 2.40. The van der Waals surface area contributed by atoms with E-state index in [-0.39, 0.29) is 6.42 Å². The summed E-state index contributed by atoms with van der Waals surface area (Å²) < 4.78 is 14.4. The highest BCUT2D eigenvalue weighted by molar-refractivity contribution is 9.10. The zero-order chi connectivity index (χ0) is 10.3. The lowest BCUT2D eigenvalue weighted by Crippen LogP contribution is -2.27. The van der Waals surface area contributed by atoms with Crippen molar-refractivity contribution in [1.82, 2.24) is 0 Å². The molecule has 2 nitrogen and oxygen atoms in total. The lowest BCUT2D eigenvalue weighted by Gasteiger charge is -2.04. The number of alkyl halides is 1. The molecule has 14 heavy (non-hydrogen) atoms. The van der Waals surface area contributed by atoms with E-state index < -0.39 is 11.5 Å². The molecule has 0 bridgehead atoms. The minimum absolute atomic E-state index is 0.142. The molecule has 1 aromatic rings. The van der Waals surface area contributed by atoms with Crippen molar-refractivity contribution >= 4 is 21.7 Å². The molecular weight excluding hydrogens is 249 g/mol. The molecule has 0 aliphatic heterocycles. The van der Waals surface area contributed by atoms with Crippen molar-refractivity contribution in [2.24, 2.45) is 0 Å². The van der Waals surface area contributed by atoms with Crippen LogP contribution in [0.5, 0.6) is 0 Å². The average molecular weight is 254 g/mol. The molecule has 0 aromatic heterocycles. The number of fused-ring (bicyclic) bond motifs is 1. The van der Waals surface area contributed by atoms with Crippen LogP contribution >= 0.6 is 15.9 Å². The molecule has 0 fully saturated rings. The van der Waals surface area contributed by atoms with E-state index in [0.717, 1.165) is 4.47 Å². The third-order valence-corrected chi connectivity index (χ3v) is 2.78. The Bertz CT molecular complexity index is 466. The van der Waals surface area contributed by atoms with Gasteiger partial charge in [-0.05, 0) is 23.8 Å². The van der Waals surface area contributed by atoms with Gasteiger partial charge in [-0.3, -0.25) is 4.79 Å². The maximum absolute atomic E-state index is 13.6. The van der Waals surface area contributed by atoms with E-state index in [1.807, 2.05) is 0 Å². The number of rotatable bonds is 0. The zero-order valence-electron chi connectivity index (χ0n) is 7.05. The molecule has 1 unspecified atom stereocenters. The van der Waals surface area contributed by atoms with Gasteiger partial charge in [0.05, 0.1) is 0 Å². The Hall–Kier alpha value is -1.21. The topological polar surface area (TPSA) is 40.9 Å². The maximum Gasteiger partial charge on any atom is 0.261 e. The summed E-state index contributed by atoms with van der Waals surface area (Å²) in [6.07, 6.45) is -0.142. The van der Waals surface area contributed by atoms with Crippen molar-refractivity contribution < 1.29 is 9.18 Å². The largest absolute Gasteiger partial charge is 0.289 e. The van der Waals surface area contributed by atoms with Crippen LogP contribution in [-0.4, -0.2) is 11.5 Å². The normalized spacial score (nSPS) is 24.5. The van der Waals surface area contributed by atoms with Crippen LogP contribution in [0.4, 0.5) is 4.39 Å². The number of carbonyl (C=O) groups excluding carboxylic acids is 1. The van der Waals surface area contributed by atoms with Gasteiger partial charge in [0.1, 0.15) is 6.07 Å². The first-order valence-electron chi connectivity index (χ1n) is 4.00. The van der Waals surface area contributed by atoms with Crippen LogP contribution in [-0.2, 0) is 6.42 Å². The Morgan fingerprint density at radius 3 is 2.93 bits per heavy atom. The molecule has 1 aromatic carbocycles. The molecule has 0 saturated carbocycles. The van der Waals surface area contributed by atoms with Gasteiger partial charge in [-0.2, -0.15) is 5.26 Å². The zero-order valence-corrected chi connectivity index (χ0v) is 8.64. The Kier molecular flexibility index (Phi) is 1.93. The van der Waals surface area contributed by atoms with Crippen molar-refractivity contribution in [3.05, 3.63) is 33.8 Å². The number of halogens is 2. The summed E-state index contributed by atoms with van der Waals surface area (Å²) >= 11 is 3.23. The Balaban J connectivity index is 2.57. The number of hydrogen-bond donors (Lipinski definition) is 0. The van der Waals surface area contributed by atoms with Crippen molar-refractivity contribution in [2.75, 3.05) is 0 Å². The molecule has 0 amide bonds. The van der Waals surface area contributed by atoms with Gasteiger partial charge in [0.25, 0.3) is 5.67 Å². The molecule has 0 radical (unpaired) electrons. The van der Waals surface area contributed by atoms with Gasteiger partial charge in [-0.15, -0.1) is 0 Å². The van der Waals surface area contributed by atoms with Crippen molar-refractivity contribution in [1.29, 1.82) is 5.26 Å². The number of nitriles is 1. The molecule has 0 N–H and O–H groups in total. The molecule has 0 heterocycles. The molecule has 1 aliphatic carbocycles. The minimum atomic E-state index is -2.36. The van der Waals surface area contributed by atoms with E-state index in [0.29, 0.717) is 11.1 Å². The van der Waals surface area contributed by atoms with Crippen LogP contribution in [0.2, 0.25) is 0 Å². The predicted molar refractivity (Wildman–Crippen MR) is 51.6 cm³/mol. The lowest BCUT2D eigenvalue weighted by molar-refractivity contribution is 0.0820. The predicted octanol–water partition coefficient (Wildman–Crippen LogP) is 2.42. The lowest BCUT2D eigenvalue weighted by atomic mass is 10.0. The fourth-order valence-electron chi connectivity index (χ4n) is 1.58. The van der Waals surface area contributed by atoms with E-state index in [4.69, 9.17) is 5.26 Å². The van der Waals surface area contributed by atoms with Crippen molar-refractivity contribution in [3.63, 3.8) is 0 Å². The maximum atomic E-state index is 13.6. The second-order valence-electron chi connectivity index (χ2n) is 3.22. The SMILES string of the molecule is N#CC1(F)Cc2cc(Br)ccc2C1=O. The molecule has 0 spiro atoms. The summed E-state index contributed by atoms with van der Waals surface area (Å²) in [6.45, 7) is 0. The quantitative estimate of drug-likeness (QED) is 0.713. The highest BCUT2D eigenvalue weighted by Crippen LogP contribution is 2.34. The van der Waals surface area contributed by atoms with Crippen LogP contribution in [0.25, 0.3) is 0 Å². The Morgan fingerprint density at radius 2 is 2.29 bits per heavy atom. The number of benzene rings is 1. The van der Waals surface area contributed by atoms with E-state index in [2.05, 4.69) is 15.9 Å². The van der Waals surface area contributed by atoms with Crippen molar-refractivity contribution in [2.45, 2.75) is 12.1 Å². The third-order valence-electron chi connectivity index (χ3n) is 2.28. The summed E-state index contributed by atoms with van der Waals surface area (Å²) in [6, 6.07) is 6.31. The van der Waals surface area contributed by atoms with E-state index in [9.17, 15) is 9.18 Å². The molecule has 2 rings (SSSR count). The first-order chi connectivity index (χ1) is 6.57. The van der Waals surface area contributed by atoms with Crippen molar-refractivity contribution in [3.8, 4) is 6.07 Å². The number of Topliss-reactive ketones (excluding diaryl/α,β-unsaturated/α-hetero) is 1. The Labute approximate surface area is 88.5 Å². The summed E-state index contributed by atoms with van der Waals surface area (Å²) in [5.41, 5.74) is -1.45. The molecule has 70 valence electrons. The number of hydrogen-bond acceptors (Lipinski definition) is 2. The number of carbonyl (C=O) groups is 1. The van der Waals surface area contributed by atoms with Gasteiger partial charge < -0.3 is 0 Å². The molecule has 4 heteroatoms. The molecule has 1 aliphatic rings. The fraction of sp³-hybridized carbons (Fsp3) is 0.200. The smallest absolute Gasteiger partial charge is 0.261 e. The molecular formula is C10H5BrFNO. The fourth-order valence-corrected chi connectivity index (χ4v) is 1.99. The third kappa shape index (κ3) is 1.17. The summed E-state index contributed by atoms with van der Waals surface area (Å²) in [4.78, 5) is 11.4. The van der Waals surface area contributed by atoms with Crippen LogP contribution < -0.4 is 0 Å². The van der Waals surface area contributed by atoms with Crippen LogP contribution in [0.15, 0.2) is 22.7 Å². The number of ketones is 1. The first-order valence-corrected chi connectivity index (χ1v) is 4.79. The van der Waals surface area contributed by atoms with Gasteiger partial charge in [0, 0.05) is 16.5 Å². The summed E-state index contributed by atoms with van der Waals surface area (Å²) in [7, 11) is 0. The monoisotopic (exact) mass is 253 g/mol. The number of nitrogens with zero attached hydrogens (tertiary/aromatic N) is 1.